The second-order valence-corrected chi connectivity index (χ2v) is 7.24. The summed E-state index contributed by atoms with van der Waals surface area (Å²) in [5.74, 6) is 0.154. The van der Waals surface area contributed by atoms with Gasteiger partial charge in [-0.25, -0.2) is 8.42 Å². The summed E-state index contributed by atoms with van der Waals surface area (Å²) in [7, 11) is -3.32. The van der Waals surface area contributed by atoms with Gasteiger partial charge in [0.15, 0.2) is 9.84 Å². The van der Waals surface area contributed by atoms with E-state index in [1.54, 1.807) is 13.0 Å². The molecule has 0 saturated heterocycles. The summed E-state index contributed by atoms with van der Waals surface area (Å²) in [5, 5.41) is 2.72. The van der Waals surface area contributed by atoms with E-state index >= 15 is 0 Å². The van der Waals surface area contributed by atoms with Crippen LogP contribution in [0.4, 0.5) is 5.69 Å². The van der Waals surface area contributed by atoms with Gasteiger partial charge in [0.05, 0.1) is 16.3 Å². The maximum absolute atomic E-state index is 12.2. The first kappa shape index (κ1) is 14.6. The number of hydrogen-bond acceptors (Lipinski definition) is 4. The van der Waals surface area contributed by atoms with Gasteiger partial charge < -0.3 is 10.1 Å². The Kier molecular flexibility index (Phi) is 3.62. The van der Waals surface area contributed by atoms with E-state index in [9.17, 15) is 13.2 Å². The summed E-state index contributed by atoms with van der Waals surface area (Å²) in [6.07, 6.45) is -0.734. The Morgan fingerprint density at radius 3 is 2.55 bits per heavy atom. The van der Waals surface area contributed by atoms with E-state index in [0.29, 0.717) is 11.4 Å². The molecule has 1 aliphatic rings. The number of amides is 1. The van der Waals surface area contributed by atoms with Gasteiger partial charge in [-0.1, -0.05) is 37.3 Å². The summed E-state index contributed by atoms with van der Waals surface area (Å²) < 4.78 is 29.5. The molecule has 6 heteroatoms. The van der Waals surface area contributed by atoms with Gasteiger partial charge in [0, 0.05) is 5.56 Å². The van der Waals surface area contributed by atoms with Crippen molar-refractivity contribution in [1.82, 2.24) is 0 Å². The van der Waals surface area contributed by atoms with E-state index in [0.717, 1.165) is 5.56 Å². The second-order valence-electron chi connectivity index (χ2n) is 4.96. The van der Waals surface area contributed by atoms with Gasteiger partial charge in [0.1, 0.15) is 5.75 Å². The van der Waals surface area contributed by atoms with Crippen LogP contribution in [0.15, 0.2) is 53.4 Å². The van der Waals surface area contributed by atoms with Gasteiger partial charge in [0.25, 0.3) is 5.91 Å². The van der Waals surface area contributed by atoms with Gasteiger partial charge in [-0.2, -0.15) is 0 Å². The topological polar surface area (TPSA) is 72.5 Å². The molecule has 1 heterocycles. The van der Waals surface area contributed by atoms with E-state index in [2.05, 4.69) is 5.32 Å². The van der Waals surface area contributed by atoms with E-state index in [-0.39, 0.29) is 16.6 Å². The Morgan fingerprint density at radius 1 is 1.14 bits per heavy atom. The molecule has 3 rings (SSSR count). The van der Waals surface area contributed by atoms with Crippen molar-refractivity contribution in [3.05, 3.63) is 54.1 Å². The van der Waals surface area contributed by atoms with Gasteiger partial charge >= 0.3 is 0 Å². The van der Waals surface area contributed by atoms with Crippen LogP contribution in [-0.2, 0) is 14.6 Å². The zero-order chi connectivity index (χ0) is 15.7. The molecule has 0 fully saturated rings. The Bertz CT molecular complexity index is 815. The molecule has 1 amide bonds. The lowest BCUT2D eigenvalue weighted by molar-refractivity contribution is -0.123. The van der Waals surface area contributed by atoms with E-state index in [4.69, 9.17) is 4.74 Å². The number of sulfone groups is 1. The molecule has 0 radical (unpaired) electrons. The van der Waals surface area contributed by atoms with Crippen LogP contribution in [-0.4, -0.2) is 20.1 Å². The largest absolute Gasteiger partial charge is 0.474 e. The Balaban J connectivity index is 1.96. The van der Waals surface area contributed by atoms with Crippen molar-refractivity contribution < 1.29 is 17.9 Å². The second kappa shape index (κ2) is 5.46. The highest BCUT2D eigenvalue weighted by atomic mass is 32.2. The number of carbonyl (C=O) groups is 1. The van der Waals surface area contributed by atoms with Crippen molar-refractivity contribution in [1.29, 1.82) is 0 Å². The molecule has 0 aliphatic carbocycles. The molecule has 1 N–H and O–H groups in total. The van der Waals surface area contributed by atoms with Crippen LogP contribution in [0.5, 0.6) is 5.75 Å². The molecule has 1 unspecified atom stereocenters. The summed E-state index contributed by atoms with van der Waals surface area (Å²) >= 11 is 0. The average molecular weight is 317 g/mol. The van der Waals surface area contributed by atoms with E-state index in [1.165, 1.54) is 12.1 Å². The summed E-state index contributed by atoms with van der Waals surface area (Å²) in [4.78, 5) is 12.4. The minimum absolute atomic E-state index is 0.00717. The quantitative estimate of drug-likeness (QED) is 0.944. The number of hydrogen-bond donors (Lipinski definition) is 1. The molecular formula is C16H15NO4S. The highest BCUT2D eigenvalue weighted by Crippen LogP contribution is 2.36. The van der Waals surface area contributed by atoms with E-state index in [1.807, 2.05) is 30.3 Å². The van der Waals surface area contributed by atoms with Crippen LogP contribution in [0.2, 0.25) is 0 Å². The number of anilines is 1. The molecule has 2 aromatic rings. The van der Waals surface area contributed by atoms with E-state index < -0.39 is 15.9 Å². The van der Waals surface area contributed by atoms with Gasteiger partial charge in [-0.3, -0.25) is 4.79 Å². The maximum atomic E-state index is 12.2. The van der Waals surface area contributed by atoms with Crippen LogP contribution < -0.4 is 10.1 Å². The molecular weight excluding hydrogens is 302 g/mol. The third-order valence-corrected chi connectivity index (χ3v) is 5.27. The number of rotatable bonds is 3. The summed E-state index contributed by atoms with van der Waals surface area (Å²) in [6.45, 7) is 1.58. The zero-order valence-corrected chi connectivity index (χ0v) is 12.8. The Hall–Kier alpha value is -2.34. The summed E-state index contributed by atoms with van der Waals surface area (Å²) in [5.41, 5.74) is 1.13. The monoisotopic (exact) mass is 317 g/mol. The fourth-order valence-electron chi connectivity index (χ4n) is 2.30. The molecule has 1 aliphatic heterocycles. The number of nitrogens with one attached hydrogen (secondary N) is 1. The first-order valence-corrected chi connectivity index (χ1v) is 8.56. The minimum Gasteiger partial charge on any atom is -0.474 e. The molecule has 0 bridgehead atoms. The summed E-state index contributed by atoms with van der Waals surface area (Å²) in [6, 6.07) is 13.7. The van der Waals surface area contributed by atoms with Gasteiger partial charge in [-0.05, 0) is 18.2 Å². The van der Waals surface area contributed by atoms with Gasteiger partial charge in [-0.15, -0.1) is 0 Å². The number of ether oxygens (including phenoxy) is 1. The zero-order valence-electron chi connectivity index (χ0n) is 11.9. The molecule has 5 nitrogen and oxygen atoms in total. The Morgan fingerprint density at radius 2 is 1.86 bits per heavy atom. The van der Waals surface area contributed by atoms with Crippen LogP contribution in [0.25, 0.3) is 0 Å². The fraction of sp³-hybridized carbons (Fsp3) is 0.188. The van der Waals surface area contributed by atoms with Crippen molar-refractivity contribution in [3.8, 4) is 5.75 Å². The predicted molar refractivity (Wildman–Crippen MR) is 82.6 cm³/mol. The average Bonchev–Trinajstić information content (AvgIpc) is 2.54. The fourth-order valence-corrected chi connectivity index (χ4v) is 3.20. The lowest BCUT2D eigenvalue weighted by atomic mass is 10.1. The molecule has 2 aromatic carbocycles. The molecule has 0 spiro atoms. The smallest absolute Gasteiger partial charge is 0.270 e. The number of benzene rings is 2. The van der Waals surface area contributed by atoms with Crippen molar-refractivity contribution >= 4 is 21.4 Å². The normalized spacial score (nSPS) is 17.3. The highest BCUT2D eigenvalue weighted by molar-refractivity contribution is 7.91. The van der Waals surface area contributed by atoms with Gasteiger partial charge in [0.2, 0.25) is 6.10 Å². The lowest BCUT2D eigenvalue weighted by Crippen LogP contribution is -2.30. The van der Waals surface area contributed by atoms with Crippen LogP contribution in [0, 0.1) is 0 Å². The molecule has 0 aromatic heterocycles. The Labute approximate surface area is 128 Å². The van der Waals surface area contributed by atoms with Crippen molar-refractivity contribution in [3.63, 3.8) is 0 Å². The van der Waals surface area contributed by atoms with Crippen LogP contribution >= 0.6 is 0 Å². The number of carbonyl (C=O) groups excluding carboxylic acids is 1. The van der Waals surface area contributed by atoms with Crippen molar-refractivity contribution in [2.24, 2.45) is 0 Å². The van der Waals surface area contributed by atoms with Crippen molar-refractivity contribution in [2.75, 3.05) is 11.1 Å². The first-order valence-electron chi connectivity index (χ1n) is 6.90. The lowest BCUT2D eigenvalue weighted by Gasteiger charge is -2.26. The first-order chi connectivity index (χ1) is 10.5. The highest BCUT2D eigenvalue weighted by Gasteiger charge is 2.29. The SMILES string of the molecule is CCS(=O)(=O)c1ccc2c(c1)NC(=O)C(c1ccccc1)O2. The standard InChI is InChI=1S/C16H15NO4S/c1-2-22(19,20)12-8-9-14-13(10-12)17-16(18)15(21-14)11-6-4-3-5-7-11/h3-10,15H,2H2,1H3,(H,17,18). The third kappa shape index (κ3) is 2.57. The molecule has 1 atom stereocenters. The van der Waals surface area contributed by atoms with Crippen molar-refractivity contribution in [2.45, 2.75) is 17.9 Å². The maximum Gasteiger partial charge on any atom is 0.270 e. The predicted octanol–water partition coefficient (Wildman–Crippen LogP) is 2.55. The van der Waals surface area contributed by atoms with Crippen LogP contribution in [0.3, 0.4) is 0 Å². The third-order valence-electron chi connectivity index (χ3n) is 3.53. The van der Waals surface area contributed by atoms with Crippen LogP contribution in [0.1, 0.15) is 18.6 Å². The number of fused-ring (bicyclic) bond motifs is 1. The molecule has 0 saturated carbocycles. The molecule has 114 valence electrons. The molecule has 22 heavy (non-hydrogen) atoms. The minimum atomic E-state index is -3.32.